The molecule has 0 saturated carbocycles. The summed E-state index contributed by atoms with van der Waals surface area (Å²) in [4.78, 5) is 10.6. The lowest BCUT2D eigenvalue weighted by molar-refractivity contribution is -0.142. The Morgan fingerprint density at radius 3 is 2.56 bits per heavy atom. The van der Waals surface area contributed by atoms with Crippen LogP contribution in [0.3, 0.4) is 0 Å². The van der Waals surface area contributed by atoms with Gasteiger partial charge in [0.05, 0.1) is 7.11 Å². The summed E-state index contributed by atoms with van der Waals surface area (Å²) in [7, 11) is 3.05. The zero-order valence-corrected chi connectivity index (χ0v) is 5.89. The third-order valence-corrected chi connectivity index (χ3v) is 0.916. The maximum absolute atomic E-state index is 10.6. The van der Waals surface area contributed by atoms with Gasteiger partial charge in [0.2, 0.25) is 0 Å². The third-order valence-electron chi connectivity index (χ3n) is 0.916. The second-order valence-electron chi connectivity index (χ2n) is 1.64. The maximum atomic E-state index is 10.6. The molecule has 1 atom stereocenters. The highest BCUT2D eigenvalue weighted by atomic mass is 16.5. The van der Waals surface area contributed by atoms with Crippen molar-refractivity contribution in [3.63, 3.8) is 0 Å². The number of ether oxygens (including phenoxy) is 1. The van der Waals surface area contributed by atoms with Crippen LogP contribution >= 0.6 is 0 Å². The first-order valence-electron chi connectivity index (χ1n) is 2.72. The Bertz CT molecular complexity index is 95.0. The van der Waals surface area contributed by atoms with Crippen LogP contribution in [0.5, 0.6) is 0 Å². The highest BCUT2D eigenvalue weighted by molar-refractivity contribution is 5.74. The molecule has 0 aromatic rings. The van der Waals surface area contributed by atoms with E-state index in [1.165, 1.54) is 7.11 Å². The van der Waals surface area contributed by atoms with Crippen LogP contribution < -0.4 is 10.9 Å². The SMILES string of the molecule is CNNC(C)C(=O)OC. The van der Waals surface area contributed by atoms with Gasteiger partial charge in [0.15, 0.2) is 0 Å². The van der Waals surface area contributed by atoms with Crippen LogP contribution in [-0.2, 0) is 9.53 Å². The summed E-state index contributed by atoms with van der Waals surface area (Å²) in [5.74, 6) is -0.274. The van der Waals surface area contributed by atoms with E-state index in [1.54, 1.807) is 14.0 Å². The van der Waals surface area contributed by atoms with Gasteiger partial charge in [0.1, 0.15) is 6.04 Å². The fourth-order valence-electron chi connectivity index (χ4n) is 0.452. The number of hydrogen-bond donors (Lipinski definition) is 2. The number of rotatable bonds is 3. The lowest BCUT2D eigenvalue weighted by Crippen LogP contribution is -2.41. The Balaban J connectivity index is 3.45. The van der Waals surface area contributed by atoms with E-state index in [0.29, 0.717) is 0 Å². The van der Waals surface area contributed by atoms with Crippen molar-refractivity contribution in [3.8, 4) is 0 Å². The van der Waals surface area contributed by atoms with Crippen molar-refractivity contribution < 1.29 is 9.53 Å². The molecule has 0 aliphatic rings. The third kappa shape index (κ3) is 3.05. The predicted molar refractivity (Wildman–Crippen MR) is 33.7 cm³/mol. The average molecular weight is 132 g/mol. The number of methoxy groups -OCH3 is 1. The number of hydrogen-bond acceptors (Lipinski definition) is 4. The summed E-state index contributed by atoms with van der Waals surface area (Å²) in [5, 5.41) is 0. The van der Waals surface area contributed by atoms with Gasteiger partial charge in [-0.3, -0.25) is 10.2 Å². The highest BCUT2D eigenvalue weighted by Crippen LogP contribution is 1.81. The Kier molecular flexibility index (Phi) is 4.00. The van der Waals surface area contributed by atoms with E-state index in [0.717, 1.165) is 0 Å². The van der Waals surface area contributed by atoms with Gasteiger partial charge < -0.3 is 4.74 Å². The molecule has 0 radical (unpaired) electrons. The van der Waals surface area contributed by atoms with Gasteiger partial charge >= 0.3 is 5.97 Å². The molecule has 0 heterocycles. The van der Waals surface area contributed by atoms with Crippen molar-refractivity contribution >= 4 is 5.97 Å². The quantitative estimate of drug-likeness (QED) is 0.393. The monoisotopic (exact) mass is 132 g/mol. The van der Waals surface area contributed by atoms with Crippen LogP contribution in [0.4, 0.5) is 0 Å². The Morgan fingerprint density at radius 2 is 2.22 bits per heavy atom. The predicted octanol–water partition coefficient (Wildman–Crippen LogP) is -0.728. The zero-order chi connectivity index (χ0) is 7.28. The van der Waals surface area contributed by atoms with Crippen molar-refractivity contribution in [2.24, 2.45) is 0 Å². The molecule has 4 nitrogen and oxygen atoms in total. The minimum absolute atomic E-state index is 0.274. The first-order chi connectivity index (χ1) is 4.22. The van der Waals surface area contributed by atoms with E-state index in [4.69, 9.17) is 0 Å². The van der Waals surface area contributed by atoms with Crippen LogP contribution in [0.25, 0.3) is 0 Å². The molecule has 0 saturated heterocycles. The van der Waals surface area contributed by atoms with Gasteiger partial charge in [-0.15, -0.1) is 0 Å². The van der Waals surface area contributed by atoms with Crippen LogP contribution in [0.1, 0.15) is 6.92 Å². The van der Waals surface area contributed by atoms with E-state index in [2.05, 4.69) is 15.6 Å². The Hall–Kier alpha value is -0.610. The van der Waals surface area contributed by atoms with Crippen LogP contribution in [-0.4, -0.2) is 26.2 Å². The van der Waals surface area contributed by atoms with E-state index >= 15 is 0 Å². The van der Waals surface area contributed by atoms with Gasteiger partial charge in [-0.05, 0) is 14.0 Å². The summed E-state index contributed by atoms with van der Waals surface area (Å²) >= 11 is 0. The number of esters is 1. The molecule has 0 rings (SSSR count). The topological polar surface area (TPSA) is 50.4 Å². The fourth-order valence-corrected chi connectivity index (χ4v) is 0.452. The molecular weight excluding hydrogens is 120 g/mol. The molecule has 0 aromatic heterocycles. The van der Waals surface area contributed by atoms with Gasteiger partial charge in [-0.25, -0.2) is 5.43 Å². The Morgan fingerprint density at radius 1 is 1.67 bits per heavy atom. The second kappa shape index (κ2) is 4.29. The van der Waals surface area contributed by atoms with E-state index < -0.39 is 0 Å². The highest BCUT2D eigenvalue weighted by Gasteiger charge is 2.09. The van der Waals surface area contributed by atoms with E-state index in [9.17, 15) is 4.79 Å². The molecule has 0 fully saturated rings. The zero-order valence-electron chi connectivity index (χ0n) is 5.89. The molecule has 54 valence electrons. The van der Waals surface area contributed by atoms with Crippen molar-refractivity contribution in [1.82, 2.24) is 10.9 Å². The number of nitrogens with one attached hydrogen (secondary N) is 2. The van der Waals surface area contributed by atoms with Gasteiger partial charge in [-0.1, -0.05) is 0 Å². The van der Waals surface area contributed by atoms with E-state index in [1.807, 2.05) is 0 Å². The van der Waals surface area contributed by atoms with Crippen molar-refractivity contribution in [1.29, 1.82) is 0 Å². The summed E-state index contributed by atoms with van der Waals surface area (Å²) in [6.07, 6.45) is 0. The number of carbonyl (C=O) groups excluding carboxylic acids is 1. The average Bonchev–Trinajstić information content (AvgIpc) is 1.87. The molecule has 2 N–H and O–H groups in total. The molecule has 0 bridgehead atoms. The Labute approximate surface area is 54.5 Å². The maximum Gasteiger partial charge on any atom is 0.323 e. The van der Waals surface area contributed by atoms with Gasteiger partial charge in [0, 0.05) is 0 Å². The molecule has 4 heteroatoms. The van der Waals surface area contributed by atoms with Gasteiger partial charge in [-0.2, -0.15) is 0 Å². The fraction of sp³-hybridized carbons (Fsp3) is 0.800. The molecule has 0 aromatic carbocycles. The van der Waals surface area contributed by atoms with Crippen molar-refractivity contribution in [3.05, 3.63) is 0 Å². The van der Waals surface area contributed by atoms with Crippen molar-refractivity contribution in [2.75, 3.05) is 14.2 Å². The molecule has 9 heavy (non-hydrogen) atoms. The summed E-state index contributed by atoms with van der Waals surface area (Å²) in [6.45, 7) is 1.71. The first-order valence-corrected chi connectivity index (χ1v) is 2.72. The lowest BCUT2D eigenvalue weighted by Gasteiger charge is -2.08. The standard InChI is InChI=1S/C5H12N2O2/c1-4(7-6-2)5(8)9-3/h4,6-7H,1-3H3. The summed E-state index contributed by atoms with van der Waals surface area (Å²) < 4.78 is 4.42. The molecule has 0 aliphatic heterocycles. The largest absolute Gasteiger partial charge is 0.468 e. The lowest BCUT2D eigenvalue weighted by atomic mass is 10.4. The smallest absolute Gasteiger partial charge is 0.323 e. The van der Waals surface area contributed by atoms with E-state index in [-0.39, 0.29) is 12.0 Å². The van der Waals surface area contributed by atoms with Crippen LogP contribution in [0.15, 0.2) is 0 Å². The minimum atomic E-state index is -0.292. The molecule has 1 unspecified atom stereocenters. The summed E-state index contributed by atoms with van der Waals surface area (Å²) in [6, 6.07) is -0.292. The second-order valence-corrected chi connectivity index (χ2v) is 1.64. The molecule has 0 amide bonds. The van der Waals surface area contributed by atoms with Crippen LogP contribution in [0, 0.1) is 0 Å². The van der Waals surface area contributed by atoms with Crippen molar-refractivity contribution in [2.45, 2.75) is 13.0 Å². The first kappa shape index (κ1) is 8.39. The van der Waals surface area contributed by atoms with Gasteiger partial charge in [0.25, 0.3) is 0 Å². The minimum Gasteiger partial charge on any atom is -0.468 e. The van der Waals surface area contributed by atoms with Crippen LogP contribution in [0.2, 0.25) is 0 Å². The summed E-state index contributed by atoms with van der Waals surface area (Å²) in [5.41, 5.74) is 5.30. The molecular formula is C5H12N2O2. The molecule has 0 spiro atoms. The molecule has 0 aliphatic carbocycles. The number of carbonyl (C=O) groups is 1. The normalized spacial score (nSPS) is 12.8. The number of hydrazine groups is 1.